The maximum Gasteiger partial charge on any atom is 0.230 e. The number of rotatable bonds is 4. The average molecular weight is 276 g/mol. The van der Waals surface area contributed by atoms with Crippen LogP contribution in [0.2, 0.25) is 0 Å². The highest BCUT2D eigenvalue weighted by Crippen LogP contribution is 2.21. The van der Waals surface area contributed by atoms with E-state index in [1.54, 1.807) is 6.07 Å². The summed E-state index contributed by atoms with van der Waals surface area (Å²) in [6.07, 6.45) is 1.76. The molecule has 0 bridgehead atoms. The number of thioether (sulfide) groups is 1. The highest BCUT2D eigenvalue weighted by atomic mass is 32.2. The third kappa shape index (κ3) is 4.27. The Morgan fingerprint density at radius 2 is 2.16 bits per heavy atom. The molecule has 0 aromatic heterocycles. The summed E-state index contributed by atoms with van der Waals surface area (Å²) in [6.45, 7) is 1.44. The van der Waals surface area contributed by atoms with Crippen molar-refractivity contribution in [3.05, 3.63) is 29.8 Å². The van der Waals surface area contributed by atoms with Gasteiger partial charge in [-0.2, -0.15) is 5.26 Å². The van der Waals surface area contributed by atoms with Gasteiger partial charge in [0.2, 0.25) is 5.91 Å². The van der Waals surface area contributed by atoms with Crippen molar-refractivity contribution in [1.29, 1.82) is 5.26 Å². The molecule has 1 heterocycles. The summed E-state index contributed by atoms with van der Waals surface area (Å²) in [6, 6.07) is 9.69. The van der Waals surface area contributed by atoms with E-state index in [0.717, 1.165) is 31.0 Å². The van der Waals surface area contributed by atoms with Crippen LogP contribution in [-0.4, -0.2) is 30.9 Å². The van der Waals surface area contributed by atoms with Crippen LogP contribution in [0.15, 0.2) is 29.2 Å². The van der Waals surface area contributed by atoms with Gasteiger partial charge in [-0.05, 0) is 25.0 Å². The van der Waals surface area contributed by atoms with Crippen LogP contribution in [0, 0.1) is 11.3 Å². The lowest BCUT2D eigenvalue weighted by molar-refractivity contribution is -0.119. The molecule has 0 unspecified atom stereocenters. The largest absolute Gasteiger partial charge is 0.381 e. The van der Waals surface area contributed by atoms with Gasteiger partial charge in [0.1, 0.15) is 6.07 Å². The summed E-state index contributed by atoms with van der Waals surface area (Å²) in [5, 5.41) is 12.0. The average Bonchev–Trinajstić information content (AvgIpc) is 2.46. The SMILES string of the molecule is N#Cc1ccccc1SCC(=O)NC1CCOCC1. The van der Waals surface area contributed by atoms with Crippen molar-refractivity contribution in [2.24, 2.45) is 0 Å². The third-order valence-corrected chi connectivity index (χ3v) is 4.03. The second kappa shape index (κ2) is 7.17. The maximum atomic E-state index is 11.8. The molecule has 1 aliphatic heterocycles. The molecule has 100 valence electrons. The monoisotopic (exact) mass is 276 g/mol. The molecule has 1 amide bonds. The number of amides is 1. The normalized spacial score (nSPS) is 15.7. The molecule has 0 spiro atoms. The van der Waals surface area contributed by atoms with Crippen LogP contribution in [0.1, 0.15) is 18.4 Å². The number of nitrogens with zero attached hydrogens (tertiary/aromatic N) is 1. The highest BCUT2D eigenvalue weighted by Gasteiger charge is 2.16. The van der Waals surface area contributed by atoms with E-state index in [0.29, 0.717) is 11.3 Å². The van der Waals surface area contributed by atoms with Crippen molar-refractivity contribution in [3.8, 4) is 6.07 Å². The van der Waals surface area contributed by atoms with E-state index in [1.807, 2.05) is 18.2 Å². The first-order valence-electron chi connectivity index (χ1n) is 6.28. The molecule has 0 aliphatic carbocycles. The fourth-order valence-corrected chi connectivity index (χ4v) is 2.75. The Hall–Kier alpha value is -1.51. The lowest BCUT2D eigenvalue weighted by Crippen LogP contribution is -2.39. The van der Waals surface area contributed by atoms with Gasteiger partial charge in [0.15, 0.2) is 0 Å². The quantitative estimate of drug-likeness (QED) is 0.854. The Bertz CT molecular complexity index is 479. The molecular weight excluding hydrogens is 260 g/mol. The molecule has 0 radical (unpaired) electrons. The summed E-state index contributed by atoms with van der Waals surface area (Å²) < 4.78 is 5.25. The van der Waals surface area contributed by atoms with Gasteiger partial charge in [-0.3, -0.25) is 4.79 Å². The molecule has 1 saturated heterocycles. The van der Waals surface area contributed by atoms with Crippen molar-refractivity contribution >= 4 is 17.7 Å². The Morgan fingerprint density at radius 1 is 1.42 bits per heavy atom. The second-order valence-corrected chi connectivity index (χ2v) is 5.37. The van der Waals surface area contributed by atoms with Gasteiger partial charge in [0, 0.05) is 24.2 Å². The number of ether oxygens (including phenoxy) is 1. The van der Waals surface area contributed by atoms with Gasteiger partial charge in [-0.15, -0.1) is 11.8 Å². The van der Waals surface area contributed by atoms with Gasteiger partial charge < -0.3 is 10.1 Å². The van der Waals surface area contributed by atoms with E-state index in [9.17, 15) is 4.79 Å². The number of carbonyl (C=O) groups is 1. The number of carbonyl (C=O) groups excluding carboxylic acids is 1. The molecule has 1 aromatic rings. The number of benzene rings is 1. The van der Waals surface area contributed by atoms with Crippen molar-refractivity contribution in [2.45, 2.75) is 23.8 Å². The van der Waals surface area contributed by atoms with Crippen LogP contribution in [0.3, 0.4) is 0 Å². The highest BCUT2D eigenvalue weighted by molar-refractivity contribution is 8.00. The van der Waals surface area contributed by atoms with Crippen LogP contribution >= 0.6 is 11.8 Å². The molecule has 1 aromatic carbocycles. The third-order valence-electron chi connectivity index (χ3n) is 2.95. The van der Waals surface area contributed by atoms with Crippen LogP contribution in [0.25, 0.3) is 0 Å². The van der Waals surface area contributed by atoms with Gasteiger partial charge in [0.05, 0.1) is 11.3 Å². The first-order valence-corrected chi connectivity index (χ1v) is 7.27. The summed E-state index contributed by atoms with van der Waals surface area (Å²) in [5.74, 6) is 0.361. The standard InChI is InChI=1S/C14H16N2O2S/c15-9-11-3-1-2-4-13(11)19-10-14(17)16-12-5-7-18-8-6-12/h1-4,12H,5-8,10H2,(H,16,17). The van der Waals surface area contributed by atoms with E-state index in [2.05, 4.69) is 11.4 Å². The first kappa shape index (κ1) is 13.9. The number of nitriles is 1. The van der Waals surface area contributed by atoms with Crippen molar-refractivity contribution < 1.29 is 9.53 Å². The van der Waals surface area contributed by atoms with Gasteiger partial charge in [0.25, 0.3) is 0 Å². The summed E-state index contributed by atoms with van der Waals surface area (Å²) in [5.41, 5.74) is 0.617. The van der Waals surface area contributed by atoms with Crippen LogP contribution < -0.4 is 5.32 Å². The summed E-state index contributed by atoms with van der Waals surface area (Å²) >= 11 is 1.40. The predicted molar refractivity (Wildman–Crippen MR) is 73.9 cm³/mol. The maximum absolute atomic E-state index is 11.8. The number of hydrogen-bond donors (Lipinski definition) is 1. The molecule has 2 rings (SSSR count). The molecule has 5 heteroatoms. The molecule has 1 fully saturated rings. The molecule has 19 heavy (non-hydrogen) atoms. The van der Waals surface area contributed by atoms with Gasteiger partial charge in [-0.1, -0.05) is 12.1 Å². The number of nitrogens with one attached hydrogen (secondary N) is 1. The fourth-order valence-electron chi connectivity index (χ4n) is 1.94. The van der Waals surface area contributed by atoms with E-state index < -0.39 is 0 Å². The summed E-state index contributed by atoms with van der Waals surface area (Å²) in [4.78, 5) is 12.7. The minimum Gasteiger partial charge on any atom is -0.381 e. The Labute approximate surface area is 117 Å². The Kier molecular flexibility index (Phi) is 5.25. The molecular formula is C14H16N2O2S. The smallest absolute Gasteiger partial charge is 0.230 e. The fraction of sp³-hybridized carbons (Fsp3) is 0.429. The topological polar surface area (TPSA) is 62.1 Å². The molecule has 0 atom stereocenters. The van der Waals surface area contributed by atoms with Crippen LogP contribution in [-0.2, 0) is 9.53 Å². The Balaban J connectivity index is 1.81. The molecule has 1 aliphatic rings. The zero-order valence-electron chi connectivity index (χ0n) is 10.6. The van der Waals surface area contributed by atoms with E-state index in [-0.39, 0.29) is 11.9 Å². The lowest BCUT2D eigenvalue weighted by Gasteiger charge is -2.23. The van der Waals surface area contributed by atoms with Crippen molar-refractivity contribution in [1.82, 2.24) is 5.32 Å². The summed E-state index contributed by atoms with van der Waals surface area (Å²) in [7, 11) is 0. The van der Waals surface area contributed by atoms with Crippen molar-refractivity contribution in [3.63, 3.8) is 0 Å². The molecule has 1 N–H and O–H groups in total. The van der Waals surface area contributed by atoms with Gasteiger partial charge >= 0.3 is 0 Å². The minimum absolute atomic E-state index is 0.0182. The van der Waals surface area contributed by atoms with Crippen molar-refractivity contribution in [2.75, 3.05) is 19.0 Å². The van der Waals surface area contributed by atoms with E-state index in [4.69, 9.17) is 10.00 Å². The zero-order chi connectivity index (χ0) is 13.5. The number of hydrogen-bond acceptors (Lipinski definition) is 4. The lowest BCUT2D eigenvalue weighted by atomic mass is 10.1. The minimum atomic E-state index is 0.0182. The first-order chi connectivity index (χ1) is 9.29. The van der Waals surface area contributed by atoms with Crippen LogP contribution in [0.4, 0.5) is 0 Å². The Morgan fingerprint density at radius 3 is 2.89 bits per heavy atom. The van der Waals surface area contributed by atoms with Crippen LogP contribution in [0.5, 0.6) is 0 Å². The molecule has 4 nitrogen and oxygen atoms in total. The molecule has 0 saturated carbocycles. The van der Waals surface area contributed by atoms with E-state index in [1.165, 1.54) is 11.8 Å². The predicted octanol–water partition coefficient (Wildman–Crippen LogP) is 1.95. The second-order valence-electron chi connectivity index (χ2n) is 4.35. The van der Waals surface area contributed by atoms with Gasteiger partial charge in [-0.25, -0.2) is 0 Å². The zero-order valence-corrected chi connectivity index (χ0v) is 11.4. The van der Waals surface area contributed by atoms with E-state index >= 15 is 0 Å².